The van der Waals surface area contributed by atoms with Crippen molar-refractivity contribution in [3.05, 3.63) is 40.7 Å². The quantitative estimate of drug-likeness (QED) is 0.886. The molecule has 0 atom stereocenters. The second kappa shape index (κ2) is 5.07. The summed E-state index contributed by atoms with van der Waals surface area (Å²) in [6.45, 7) is 0. The van der Waals surface area contributed by atoms with Crippen LogP contribution in [0.3, 0.4) is 0 Å². The fourth-order valence-electron chi connectivity index (χ4n) is 1.46. The average molecular weight is 281 g/mol. The number of hydrogen-bond donors (Lipinski definition) is 2. The van der Waals surface area contributed by atoms with E-state index in [2.05, 4.69) is 15.6 Å². The van der Waals surface area contributed by atoms with Gasteiger partial charge in [0.05, 0.1) is 22.5 Å². The molecule has 19 heavy (non-hydrogen) atoms. The van der Waals surface area contributed by atoms with Gasteiger partial charge in [-0.2, -0.15) is 0 Å². The lowest BCUT2D eigenvalue weighted by molar-refractivity contribution is 0.0698. The molecule has 0 fully saturated rings. The number of carboxylic acids is 1. The molecule has 0 radical (unpaired) electrons. The predicted octanol–water partition coefficient (Wildman–Crippen LogP) is 1.42. The van der Waals surface area contributed by atoms with Crippen LogP contribution in [-0.2, 0) is 7.05 Å². The molecule has 1 heterocycles. The SMILES string of the molecule is Cn1cc(C(=O)Nc2c(Cl)cccc2C(=O)O)nn1. The highest BCUT2D eigenvalue weighted by molar-refractivity contribution is 6.34. The smallest absolute Gasteiger partial charge is 0.337 e. The molecule has 0 aliphatic carbocycles. The van der Waals surface area contributed by atoms with E-state index in [1.165, 1.54) is 29.1 Å². The fraction of sp³-hybridized carbons (Fsp3) is 0.0909. The van der Waals surface area contributed by atoms with Gasteiger partial charge >= 0.3 is 5.97 Å². The van der Waals surface area contributed by atoms with E-state index < -0.39 is 11.9 Å². The van der Waals surface area contributed by atoms with Crippen LogP contribution in [0.2, 0.25) is 5.02 Å². The number of aromatic carboxylic acids is 1. The number of benzene rings is 1. The van der Waals surface area contributed by atoms with E-state index in [9.17, 15) is 9.59 Å². The molecule has 0 aliphatic rings. The summed E-state index contributed by atoms with van der Waals surface area (Å²) in [5, 5.41) is 18.8. The van der Waals surface area contributed by atoms with Gasteiger partial charge in [0.25, 0.3) is 5.91 Å². The van der Waals surface area contributed by atoms with Crippen molar-refractivity contribution in [2.75, 3.05) is 5.32 Å². The van der Waals surface area contributed by atoms with Gasteiger partial charge in [-0.1, -0.05) is 22.9 Å². The first-order chi connectivity index (χ1) is 8.99. The number of carbonyl (C=O) groups is 2. The second-order valence-electron chi connectivity index (χ2n) is 3.70. The van der Waals surface area contributed by atoms with Crippen LogP contribution in [0.25, 0.3) is 0 Å². The molecule has 0 bridgehead atoms. The van der Waals surface area contributed by atoms with Crippen molar-refractivity contribution in [3.8, 4) is 0 Å². The zero-order chi connectivity index (χ0) is 14.0. The number of carboxylic acid groups (broad SMARTS) is 1. The first kappa shape index (κ1) is 13.0. The van der Waals surface area contributed by atoms with E-state index >= 15 is 0 Å². The van der Waals surface area contributed by atoms with Crippen molar-refractivity contribution in [2.45, 2.75) is 0 Å². The van der Waals surface area contributed by atoms with E-state index in [0.29, 0.717) is 0 Å². The largest absolute Gasteiger partial charge is 0.478 e. The molecule has 8 heteroatoms. The lowest BCUT2D eigenvalue weighted by Gasteiger charge is -2.08. The molecular formula is C11H9ClN4O3. The molecule has 0 aliphatic heterocycles. The van der Waals surface area contributed by atoms with Crippen molar-refractivity contribution in [1.82, 2.24) is 15.0 Å². The fourth-order valence-corrected chi connectivity index (χ4v) is 1.68. The highest BCUT2D eigenvalue weighted by Crippen LogP contribution is 2.26. The predicted molar refractivity (Wildman–Crippen MR) is 67.4 cm³/mol. The Kier molecular flexibility index (Phi) is 3.48. The van der Waals surface area contributed by atoms with E-state index in [1.54, 1.807) is 7.05 Å². The van der Waals surface area contributed by atoms with Gasteiger partial charge in [-0.05, 0) is 12.1 Å². The lowest BCUT2D eigenvalue weighted by atomic mass is 10.1. The Labute approximate surface area is 112 Å². The van der Waals surface area contributed by atoms with Crippen molar-refractivity contribution in [3.63, 3.8) is 0 Å². The van der Waals surface area contributed by atoms with Gasteiger partial charge in [-0.3, -0.25) is 9.48 Å². The Morgan fingerprint density at radius 3 is 2.74 bits per heavy atom. The molecule has 1 aromatic carbocycles. The number of hydrogen-bond acceptors (Lipinski definition) is 4. The van der Waals surface area contributed by atoms with Crippen molar-refractivity contribution in [2.24, 2.45) is 7.05 Å². The summed E-state index contributed by atoms with van der Waals surface area (Å²) in [6.07, 6.45) is 1.41. The lowest BCUT2D eigenvalue weighted by Crippen LogP contribution is -2.15. The van der Waals surface area contributed by atoms with Gasteiger partial charge in [0.1, 0.15) is 0 Å². The number of para-hydroxylation sites is 1. The number of amides is 1. The van der Waals surface area contributed by atoms with Gasteiger partial charge in [0.2, 0.25) is 0 Å². The summed E-state index contributed by atoms with van der Waals surface area (Å²) < 4.78 is 1.36. The topological polar surface area (TPSA) is 97.1 Å². The number of nitrogens with zero attached hydrogens (tertiary/aromatic N) is 3. The third kappa shape index (κ3) is 2.71. The second-order valence-corrected chi connectivity index (χ2v) is 4.11. The first-order valence-corrected chi connectivity index (χ1v) is 5.56. The molecular weight excluding hydrogens is 272 g/mol. The number of aryl methyl sites for hydroxylation is 1. The monoisotopic (exact) mass is 280 g/mol. The molecule has 0 saturated carbocycles. The van der Waals surface area contributed by atoms with Crippen LogP contribution in [0.4, 0.5) is 5.69 Å². The van der Waals surface area contributed by atoms with Crippen LogP contribution < -0.4 is 5.32 Å². The average Bonchev–Trinajstić information content (AvgIpc) is 2.78. The maximum absolute atomic E-state index is 11.9. The zero-order valence-corrected chi connectivity index (χ0v) is 10.5. The Hall–Kier alpha value is -2.41. The van der Waals surface area contributed by atoms with Crippen LogP contribution in [0, 0.1) is 0 Å². The first-order valence-electron chi connectivity index (χ1n) is 5.18. The summed E-state index contributed by atoms with van der Waals surface area (Å²) in [4.78, 5) is 22.9. The van der Waals surface area contributed by atoms with Gasteiger partial charge in [-0.25, -0.2) is 4.79 Å². The summed E-state index contributed by atoms with van der Waals surface area (Å²) in [7, 11) is 1.61. The van der Waals surface area contributed by atoms with Crippen LogP contribution >= 0.6 is 11.6 Å². The van der Waals surface area contributed by atoms with Crippen LogP contribution in [0.5, 0.6) is 0 Å². The highest BCUT2D eigenvalue weighted by Gasteiger charge is 2.17. The maximum atomic E-state index is 11.9. The summed E-state index contributed by atoms with van der Waals surface area (Å²) in [6, 6.07) is 4.32. The van der Waals surface area contributed by atoms with Gasteiger partial charge in [0.15, 0.2) is 5.69 Å². The third-order valence-corrected chi connectivity index (χ3v) is 2.63. The van der Waals surface area contributed by atoms with Crippen LogP contribution in [-0.4, -0.2) is 32.0 Å². The number of anilines is 1. The van der Waals surface area contributed by atoms with Gasteiger partial charge in [0, 0.05) is 7.05 Å². The Morgan fingerprint density at radius 1 is 1.42 bits per heavy atom. The highest BCUT2D eigenvalue weighted by atomic mass is 35.5. The van der Waals surface area contributed by atoms with Crippen molar-refractivity contribution >= 4 is 29.2 Å². The third-order valence-electron chi connectivity index (χ3n) is 2.32. The minimum Gasteiger partial charge on any atom is -0.478 e. The van der Waals surface area contributed by atoms with Crippen molar-refractivity contribution < 1.29 is 14.7 Å². The zero-order valence-electron chi connectivity index (χ0n) is 9.79. The molecule has 2 rings (SSSR count). The number of halogens is 1. The number of nitrogens with one attached hydrogen (secondary N) is 1. The molecule has 2 aromatic rings. The minimum atomic E-state index is -1.18. The summed E-state index contributed by atoms with van der Waals surface area (Å²) >= 11 is 5.89. The number of carbonyl (C=O) groups excluding carboxylic acids is 1. The van der Waals surface area contributed by atoms with E-state index in [1.807, 2.05) is 0 Å². The normalized spacial score (nSPS) is 10.2. The Morgan fingerprint density at radius 2 is 2.16 bits per heavy atom. The number of aromatic nitrogens is 3. The molecule has 7 nitrogen and oxygen atoms in total. The molecule has 1 aromatic heterocycles. The Balaban J connectivity index is 2.33. The van der Waals surface area contributed by atoms with Gasteiger partial charge in [-0.15, -0.1) is 5.10 Å². The molecule has 0 unspecified atom stereocenters. The summed E-state index contributed by atoms with van der Waals surface area (Å²) in [5.74, 6) is -1.76. The molecule has 2 N–H and O–H groups in total. The van der Waals surface area contributed by atoms with E-state index in [0.717, 1.165) is 0 Å². The molecule has 0 saturated heterocycles. The van der Waals surface area contributed by atoms with Crippen LogP contribution in [0.1, 0.15) is 20.8 Å². The van der Waals surface area contributed by atoms with Crippen molar-refractivity contribution in [1.29, 1.82) is 0 Å². The standard InChI is InChI=1S/C11H9ClN4O3/c1-16-5-8(14-15-16)10(17)13-9-6(11(18)19)3-2-4-7(9)12/h2-5H,1H3,(H,13,17)(H,18,19). The molecule has 1 amide bonds. The van der Waals surface area contributed by atoms with Crippen LogP contribution in [0.15, 0.2) is 24.4 Å². The maximum Gasteiger partial charge on any atom is 0.337 e. The van der Waals surface area contributed by atoms with Gasteiger partial charge < -0.3 is 10.4 Å². The van der Waals surface area contributed by atoms with E-state index in [4.69, 9.17) is 16.7 Å². The summed E-state index contributed by atoms with van der Waals surface area (Å²) in [5.41, 5.74) is 0.0100. The molecule has 98 valence electrons. The van der Waals surface area contributed by atoms with E-state index in [-0.39, 0.29) is 22.0 Å². The Bertz CT molecular complexity index is 653. The number of rotatable bonds is 3. The minimum absolute atomic E-state index is 0.0346. The molecule has 0 spiro atoms.